The number of H-pyrrole nitrogens is 1. The van der Waals surface area contributed by atoms with Crippen molar-refractivity contribution >= 4 is 34.8 Å². The molecule has 0 aliphatic rings. The Morgan fingerprint density at radius 3 is 2.79 bits per heavy atom. The molecule has 10 heteroatoms. The predicted octanol–water partition coefficient (Wildman–Crippen LogP) is 4.67. The summed E-state index contributed by atoms with van der Waals surface area (Å²) >= 11 is 2.87. The monoisotopic (exact) mass is 480 g/mol. The zero-order chi connectivity index (χ0) is 23.4. The number of carbonyl (C=O) groups is 1. The van der Waals surface area contributed by atoms with E-state index in [4.69, 9.17) is 0 Å². The van der Waals surface area contributed by atoms with Gasteiger partial charge in [0, 0.05) is 23.5 Å². The summed E-state index contributed by atoms with van der Waals surface area (Å²) in [5.41, 5.74) is 2.95. The van der Waals surface area contributed by atoms with Crippen LogP contribution in [0.25, 0.3) is 0 Å². The number of aromatic nitrogens is 4. The summed E-state index contributed by atoms with van der Waals surface area (Å²) in [6.07, 6.45) is 0.665. The Kier molecular flexibility index (Phi) is 6.91. The number of thioether (sulfide) groups is 1. The predicted molar refractivity (Wildman–Crippen MR) is 127 cm³/mol. The minimum atomic E-state index is -0.312. The maximum absolute atomic E-state index is 13.3. The van der Waals surface area contributed by atoms with E-state index in [1.54, 1.807) is 23.5 Å². The number of nitrogens with one attached hydrogen (secondary N) is 2. The normalized spacial score (nSPS) is 10.8. The molecule has 0 saturated heterocycles. The Morgan fingerprint density at radius 2 is 2.09 bits per heavy atom. The number of amides is 1. The highest BCUT2D eigenvalue weighted by Crippen LogP contribution is 2.28. The molecule has 4 rings (SSSR count). The summed E-state index contributed by atoms with van der Waals surface area (Å²) in [6.45, 7) is 4.15. The number of nitriles is 1. The third-order valence-corrected chi connectivity index (χ3v) is 6.94. The van der Waals surface area contributed by atoms with Gasteiger partial charge < -0.3 is 9.88 Å². The minimum absolute atomic E-state index is 0.0982. The van der Waals surface area contributed by atoms with E-state index in [-0.39, 0.29) is 17.5 Å². The molecule has 0 spiro atoms. The Balaban J connectivity index is 1.45. The van der Waals surface area contributed by atoms with Crippen LogP contribution in [0.15, 0.2) is 46.9 Å². The first kappa shape index (κ1) is 22.8. The third kappa shape index (κ3) is 5.32. The number of halogens is 1. The summed E-state index contributed by atoms with van der Waals surface area (Å²) in [7, 11) is 0. The fraction of sp³-hybridized carbons (Fsp3) is 0.217. The van der Waals surface area contributed by atoms with Crippen LogP contribution in [0.5, 0.6) is 0 Å². The molecule has 2 N–H and O–H groups in total. The maximum atomic E-state index is 13.3. The number of benzene rings is 1. The van der Waals surface area contributed by atoms with Crippen LogP contribution in [0.2, 0.25) is 0 Å². The number of anilines is 1. The quantitative estimate of drug-likeness (QED) is 0.357. The van der Waals surface area contributed by atoms with Gasteiger partial charge in [0.15, 0.2) is 0 Å². The first-order valence-electron chi connectivity index (χ1n) is 10.1. The number of hydrogen-bond acceptors (Lipinski definition) is 6. The van der Waals surface area contributed by atoms with E-state index in [1.807, 2.05) is 35.9 Å². The van der Waals surface area contributed by atoms with Gasteiger partial charge >= 0.3 is 0 Å². The number of hydrogen-bond donors (Lipinski definition) is 2. The van der Waals surface area contributed by atoms with Gasteiger partial charge in [0.05, 0.1) is 11.3 Å². The fourth-order valence-corrected chi connectivity index (χ4v) is 4.72. The molecule has 0 atom stereocenters. The number of thiophene rings is 1. The van der Waals surface area contributed by atoms with Gasteiger partial charge in [0.2, 0.25) is 11.1 Å². The lowest BCUT2D eigenvalue weighted by Crippen LogP contribution is -2.18. The molecular formula is C23H21FN6OS2. The highest BCUT2D eigenvalue weighted by atomic mass is 32.2. The average molecular weight is 481 g/mol. The van der Waals surface area contributed by atoms with Crippen LogP contribution in [-0.2, 0) is 17.8 Å². The molecule has 0 saturated carbocycles. The Labute approximate surface area is 198 Å². The Morgan fingerprint density at radius 1 is 1.30 bits per heavy atom. The van der Waals surface area contributed by atoms with Crippen molar-refractivity contribution < 1.29 is 9.18 Å². The van der Waals surface area contributed by atoms with Crippen molar-refractivity contribution in [3.63, 3.8) is 0 Å². The SMILES string of the molecule is Cc1c(C#N)c(NC(=O)CSc2n[nH]c(Cc3cccs3)n2)n(Cc2ccc(F)cc2)c1C. The van der Waals surface area contributed by atoms with Gasteiger partial charge in [-0.25, -0.2) is 9.37 Å². The molecule has 3 aromatic heterocycles. The van der Waals surface area contributed by atoms with Gasteiger partial charge in [-0.1, -0.05) is 30.0 Å². The van der Waals surface area contributed by atoms with Crippen molar-refractivity contribution in [2.24, 2.45) is 0 Å². The standard InChI is InChI=1S/C23H21FN6OS2/c1-14-15(2)30(12-16-5-7-17(24)8-6-16)22(19(14)11-25)27-21(31)13-33-23-26-20(28-29-23)10-18-4-3-9-32-18/h3-9H,10,12-13H2,1-2H3,(H,27,31)(H,26,28,29). The van der Waals surface area contributed by atoms with Crippen molar-refractivity contribution in [1.82, 2.24) is 19.7 Å². The second-order valence-corrected chi connectivity index (χ2v) is 9.39. The Hall–Kier alpha value is -3.42. The van der Waals surface area contributed by atoms with Crippen LogP contribution < -0.4 is 5.32 Å². The van der Waals surface area contributed by atoms with Crippen molar-refractivity contribution in [2.45, 2.75) is 32.0 Å². The molecule has 33 heavy (non-hydrogen) atoms. The van der Waals surface area contributed by atoms with E-state index in [0.29, 0.717) is 29.5 Å². The number of carbonyl (C=O) groups excluding carboxylic acids is 1. The van der Waals surface area contributed by atoms with Crippen LogP contribution in [-0.4, -0.2) is 31.4 Å². The summed E-state index contributed by atoms with van der Waals surface area (Å²) in [5, 5.41) is 22.1. The van der Waals surface area contributed by atoms with E-state index >= 15 is 0 Å². The third-order valence-electron chi connectivity index (χ3n) is 5.22. The van der Waals surface area contributed by atoms with Crippen molar-refractivity contribution in [3.8, 4) is 6.07 Å². The highest BCUT2D eigenvalue weighted by molar-refractivity contribution is 7.99. The first-order valence-corrected chi connectivity index (χ1v) is 12.0. The van der Waals surface area contributed by atoms with Gasteiger partial charge in [-0.3, -0.25) is 9.89 Å². The van der Waals surface area contributed by atoms with Gasteiger partial charge in [0.25, 0.3) is 0 Å². The van der Waals surface area contributed by atoms with E-state index in [2.05, 4.69) is 26.6 Å². The zero-order valence-corrected chi connectivity index (χ0v) is 19.7. The smallest absolute Gasteiger partial charge is 0.235 e. The fourth-order valence-electron chi connectivity index (χ4n) is 3.40. The molecule has 0 radical (unpaired) electrons. The number of aromatic amines is 1. The van der Waals surface area contributed by atoms with Gasteiger partial charge in [-0.05, 0) is 48.6 Å². The number of nitrogens with zero attached hydrogens (tertiary/aromatic N) is 4. The summed E-state index contributed by atoms with van der Waals surface area (Å²) < 4.78 is 15.1. The molecule has 0 aliphatic heterocycles. The average Bonchev–Trinajstić information content (AvgIpc) is 3.53. The molecule has 1 amide bonds. The largest absolute Gasteiger partial charge is 0.326 e. The van der Waals surface area contributed by atoms with Crippen molar-refractivity contribution in [2.75, 3.05) is 11.1 Å². The molecule has 7 nitrogen and oxygen atoms in total. The zero-order valence-electron chi connectivity index (χ0n) is 18.1. The van der Waals surface area contributed by atoms with E-state index < -0.39 is 0 Å². The molecule has 1 aromatic carbocycles. The van der Waals surface area contributed by atoms with E-state index in [9.17, 15) is 14.4 Å². The molecule has 0 fully saturated rings. The lowest BCUT2D eigenvalue weighted by Gasteiger charge is -2.13. The molecule has 0 bridgehead atoms. The van der Waals surface area contributed by atoms with Crippen LogP contribution in [0.4, 0.5) is 10.2 Å². The second kappa shape index (κ2) is 10.0. The minimum Gasteiger partial charge on any atom is -0.326 e. The lowest BCUT2D eigenvalue weighted by molar-refractivity contribution is -0.113. The molecule has 168 valence electrons. The van der Waals surface area contributed by atoms with Crippen LogP contribution in [0, 0.1) is 31.0 Å². The van der Waals surface area contributed by atoms with Crippen molar-refractivity contribution in [3.05, 3.63) is 80.7 Å². The maximum Gasteiger partial charge on any atom is 0.235 e. The lowest BCUT2D eigenvalue weighted by atomic mass is 10.2. The molecule has 0 unspecified atom stereocenters. The summed E-state index contributed by atoms with van der Waals surface area (Å²) in [4.78, 5) is 18.3. The Bertz CT molecular complexity index is 1300. The van der Waals surface area contributed by atoms with Crippen LogP contribution in [0.3, 0.4) is 0 Å². The summed E-state index contributed by atoms with van der Waals surface area (Å²) in [5.74, 6) is 0.704. The molecular weight excluding hydrogens is 459 g/mol. The second-order valence-electron chi connectivity index (χ2n) is 7.42. The van der Waals surface area contributed by atoms with Gasteiger partial charge in [-0.2, -0.15) is 5.26 Å². The van der Waals surface area contributed by atoms with Crippen LogP contribution in [0.1, 0.15) is 33.1 Å². The molecule has 3 heterocycles. The van der Waals surface area contributed by atoms with Crippen LogP contribution >= 0.6 is 23.1 Å². The molecule has 4 aromatic rings. The van der Waals surface area contributed by atoms with Gasteiger partial charge in [-0.15, -0.1) is 16.4 Å². The van der Waals surface area contributed by atoms with E-state index in [0.717, 1.165) is 22.6 Å². The van der Waals surface area contributed by atoms with E-state index in [1.165, 1.54) is 28.8 Å². The molecule has 0 aliphatic carbocycles. The first-order chi connectivity index (χ1) is 15.9. The topological polar surface area (TPSA) is 99.4 Å². The number of rotatable bonds is 8. The highest BCUT2D eigenvalue weighted by Gasteiger charge is 2.20. The summed E-state index contributed by atoms with van der Waals surface area (Å²) in [6, 6.07) is 12.4. The van der Waals surface area contributed by atoms with Gasteiger partial charge in [0.1, 0.15) is 23.5 Å². The van der Waals surface area contributed by atoms with Crippen molar-refractivity contribution in [1.29, 1.82) is 5.26 Å².